The van der Waals surface area contributed by atoms with E-state index < -0.39 is 0 Å². The van der Waals surface area contributed by atoms with Gasteiger partial charge < -0.3 is 0 Å². The molecule has 31 heavy (non-hydrogen) atoms. The molecule has 0 aliphatic heterocycles. The molecule has 0 unspecified atom stereocenters. The number of rotatable bonds is 2. The molecule has 0 radical (unpaired) electrons. The van der Waals surface area contributed by atoms with Crippen LogP contribution < -0.4 is 16.4 Å². The van der Waals surface area contributed by atoms with Crippen molar-refractivity contribution in [3.05, 3.63) is 76.8 Å². The van der Waals surface area contributed by atoms with E-state index in [-0.39, 0.29) is 0 Å². The third-order valence-electron chi connectivity index (χ3n) is 6.94. The van der Waals surface area contributed by atoms with E-state index in [1.807, 2.05) is 6.07 Å². The van der Waals surface area contributed by atoms with Gasteiger partial charge in [0.1, 0.15) is 23.5 Å². The average Bonchev–Trinajstić information content (AvgIpc) is 3.13. The normalized spacial score (nSPS) is 11.5. The molecule has 5 rings (SSSR count). The number of benzene rings is 4. The van der Waals surface area contributed by atoms with Gasteiger partial charge in [0.25, 0.3) is 0 Å². The van der Waals surface area contributed by atoms with Gasteiger partial charge in [0.15, 0.2) is 0 Å². The molecule has 4 aromatic carbocycles. The molecule has 1 heterocycles. The van der Waals surface area contributed by atoms with Gasteiger partial charge >= 0.3 is 0 Å². The van der Waals surface area contributed by atoms with Crippen molar-refractivity contribution in [3.8, 4) is 22.3 Å². The van der Waals surface area contributed by atoms with Crippen LogP contribution in [-0.4, -0.2) is 23.5 Å². The first-order chi connectivity index (χ1) is 14.8. The lowest BCUT2D eigenvalue weighted by atomic mass is 9.68. The van der Waals surface area contributed by atoms with Gasteiger partial charge in [0, 0.05) is 25.2 Å². The SMILES string of the molecule is Bc1c(B)c(C)c(-c2ccc(-c3ccc4sc5cc(Cl)ccc5c4c3)cc2)c(B)c1C. The maximum absolute atomic E-state index is 6.20. The molecule has 0 spiro atoms. The number of hydrogen-bond acceptors (Lipinski definition) is 1. The molecule has 0 saturated heterocycles. The molecule has 0 atom stereocenters. The molecular weight excluding hydrogens is 412 g/mol. The molecule has 0 N–H and O–H groups in total. The first kappa shape index (κ1) is 20.5. The van der Waals surface area contributed by atoms with Crippen molar-refractivity contribution in [1.82, 2.24) is 0 Å². The Morgan fingerprint density at radius 1 is 0.613 bits per heavy atom. The summed E-state index contributed by atoms with van der Waals surface area (Å²) in [6.45, 7) is 4.49. The Morgan fingerprint density at radius 3 is 2.00 bits per heavy atom. The zero-order valence-corrected chi connectivity index (χ0v) is 20.1. The molecule has 0 saturated carbocycles. The Balaban J connectivity index is 1.60. The summed E-state index contributed by atoms with van der Waals surface area (Å²) in [4.78, 5) is 0. The molecule has 148 valence electrons. The summed E-state index contributed by atoms with van der Waals surface area (Å²) < 4.78 is 2.54. The van der Waals surface area contributed by atoms with Crippen molar-refractivity contribution >= 4 is 83.0 Å². The summed E-state index contributed by atoms with van der Waals surface area (Å²) in [5.74, 6) is 0. The number of thiophene rings is 1. The molecule has 5 aromatic rings. The maximum Gasteiger partial charge on any atom is 0.140 e. The predicted molar refractivity (Wildman–Crippen MR) is 149 cm³/mol. The van der Waals surface area contributed by atoms with Crippen molar-refractivity contribution in [1.29, 1.82) is 0 Å². The molecule has 0 aliphatic carbocycles. The van der Waals surface area contributed by atoms with Crippen molar-refractivity contribution in [2.24, 2.45) is 0 Å². The van der Waals surface area contributed by atoms with E-state index in [4.69, 9.17) is 11.6 Å². The van der Waals surface area contributed by atoms with Gasteiger partial charge in [-0.2, -0.15) is 0 Å². The van der Waals surface area contributed by atoms with Crippen molar-refractivity contribution in [2.45, 2.75) is 13.8 Å². The predicted octanol–water partition coefficient (Wildman–Crippen LogP) is 3.43. The lowest BCUT2D eigenvalue weighted by molar-refractivity contribution is 1.48. The van der Waals surface area contributed by atoms with Gasteiger partial charge in [-0.05, 0) is 60.4 Å². The van der Waals surface area contributed by atoms with Crippen LogP contribution in [0, 0.1) is 13.8 Å². The second-order valence-electron chi connectivity index (χ2n) is 8.53. The third kappa shape index (κ3) is 3.33. The van der Waals surface area contributed by atoms with Gasteiger partial charge in [-0.3, -0.25) is 0 Å². The first-order valence-corrected chi connectivity index (χ1v) is 11.8. The number of halogens is 1. The Labute approximate surface area is 195 Å². The zero-order valence-electron chi connectivity index (χ0n) is 18.6. The number of fused-ring (bicyclic) bond motifs is 3. The van der Waals surface area contributed by atoms with Crippen LogP contribution in [-0.2, 0) is 0 Å². The van der Waals surface area contributed by atoms with E-state index >= 15 is 0 Å². The summed E-state index contributed by atoms with van der Waals surface area (Å²) in [6.07, 6.45) is 0. The summed E-state index contributed by atoms with van der Waals surface area (Å²) in [7, 11) is 6.72. The quantitative estimate of drug-likeness (QED) is 0.374. The van der Waals surface area contributed by atoms with E-state index in [0.29, 0.717) is 0 Å². The fourth-order valence-electron chi connectivity index (χ4n) is 4.69. The summed E-state index contributed by atoms with van der Waals surface area (Å²) in [5.41, 5.74) is 12.1. The molecule has 0 fully saturated rings. The van der Waals surface area contributed by atoms with Crippen molar-refractivity contribution in [2.75, 3.05) is 0 Å². The molecular formula is C26H22B3ClS. The summed E-state index contributed by atoms with van der Waals surface area (Å²) in [6, 6.07) is 22.0. The number of hydrogen-bond donors (Lipinski definition) is 0. The topological polar surface area (TPSA) is 0 Å². The monoisotopic (exact) mass is 434 g/mol. The molecule has 0 amide bonds. The van der Waals surface area contributed by atoms with E-state index in [1.54, 1.807) is 11.3 Å². The minimum absolute atomic E-state index is 0.794. The minimum Gasteiger partial charge on any atom is -0.135 e. The van der Waals surface area contributed by atoms with Crippen LogP contribution in [0.15, 0.2) is 60.7 Å². The largest absolute Gasteiger partial charge is 0.140 e. The Bertz CT molecular complexity index is 1450. The smallest absolute Gasteiger partial charge is 0.135 e. The van der Waals surface area contributed by atoms with Crippen LogP contribution in [0.4, 0.5) is 0 Å². The van der Waals surface area contributed by atoms with Gasteiger partial charge in [-0.15, -0.1) is 11.3 Å². The molecule has 0 bridgehead atoms. The lowest BCUT2D eigenvalue weighted by Gasteiger charge is -2.20. The maximum atomic E-state index is 6.20. The fourth-order valence-corrected chi connectivity index (χ4v) is 6.06. The van der Waals surface area contributed by atoms with Gasteiger partial charge in [0.05, 0.1) is 0 Å². The highest BCUT2D eigenvalue weighted by Gasteiger charge is 2.14. The minimum atomic E-state index is 0.794. The average molecular weight is 434 g/mol. The summed E-state index contributed by atoms with van der Waals surface area (Å²) >= 11 is 8.00. The van der Waals surface area contributed by atoms with Crippen LogP contribution in [0.1, 0.15) is 11.1 Å². The fraction of sp³-hybridized carbons (Fsp3) is 0.0769. The Hall–Kier alpha value is -2.42. The highest BCUT2D eigenvalue weighted by molar-refractivity contribution is 7.25. The Morgan fingerprint density at radius 2 is 1.26 bits per heavy atom. The van der Waals surface area contributed by atoms with Crippen LogP contribution >= 0.6 is 22.9 Å². The standard InChI is InChI=1S/C26H22B3ClS/c1-13-23(24(27)14(2)26(29)25(13)28)16-5-3-15(4-6-16)17-7-10-21-20(11-17)19-9-8-18(30)12-22(19)31-21/h3-12H,27-29H2,1-2H3. The third-order valence-corrected chi connectivity index (χ3v) is 8.31. The van der Waals surface area contributed by atoms with Crippen molar-refractivity contribution < 1.29 is 0 Å². The van der Waals surface area contributed by atoms with Crippen molar-refractivity contribution in [3.63, 3.8) is 0 Å². The van der Waals surface area contributed by atoms with Crippen LogP contribution in [0.2, 0.25) is 5.02 Å². The second-order valence-corrected chi connectivity index (χ2v) is 10.1. The van der Waals surface area contributed by atoms with Gasteiger partial charge in [-0.25, -0.2) is 0 Å². The van der Waals surface area contributed by atoms with E-state index in [0.717, 1.165) is 5.02 Å². The van der Waals surface area contributed by atoms with Crippen LogP contribution in [0.5, 0.6) is 0 Å². The molecule has 5 heteroatoms. The highest BCUT2D eigenvalue weighted by Crippen LogP contribution is 2.37. The van der Waals surface area contributed by atoms with E-state index in [2.05, 4.69) is 92.0 Å². The Kier molecular flexibility index (Phi) is 5.03. The highest BCUT2D eigenvalue weighted by atomic mass is 35.5. The second kappa shape index (κ2) is 7.62. The van der Waals surface area contributed by atoms with Crippen LogP contribution in [0.3, 0.4) is 0 Å². The molecule has 0 aliphatic rings. The van der Waals surface area contributed by atoms with E-state index in [1.165, 1.54) is 69.9 Å². The molecule has 1 aromatic heterocycles. The molecule has 0 nitrogen and oxygen atoms in total. The van der Waals surface area contributed by atoms with Crippen LogP contribution in [0.25, 0.3) is 42.4 Å². The first-order valence-electron chi connectivity index (χ1n) is 10.6. The lowest BCUT2D eigenvalue weighted by Crippen LogP contribution is -2.37. The van der Waals surface area contributed by atoms with E-state index in [9.17, 15) is 0 Å². The zero-order chi connectivity index (χ0) is 21.9. The van der Waals surface area contributed by atoms with Gasteiger partial charge in [0.2, 0.25) is 0 Å². The van der Waals surface area contributed by atoms with Gasteiger partial charge in [-0.1, -0.05) is 75.5 Å². The summed E-state index contributed by atoms with van der Waals surface area (Å²) in [5, 5.41) is 3.37.